The quantitative estimate of drug-likeness (QED) is 0.616. The molecule has 0 radical (unpaired) electrons. The SMILES string of the molecule is CC1(C)OB(C(F)=Cc2cc(C#CCn3cccn3)cs2)OC1(C)C. The molecule has 3 rings (SSSR count). The fourth-order valence-electron chi connectivity index (χ4n) is 2.27. The lowest BCUT2D eigenvalue weighted by atomic mass is 9.87. The maximum Gasteiger partial charge on any atom is 0.525 e. The second-order valence-electron chi connectivity index (χ2n) is 6.86. The van der Waals surface area contributed by atoms with Crippen molar-refractivity contribution in [3.8, 4) is 11.8 Å². The Kier molecular flexibility index (Phi) is 4.87. The maximum atomic E-state index is 14.5. The smallest absolute Gasteiger partial charge is 0.398 e. The van der Waals surface area contributed by atoms with E-state index in [-0.39, 0.29) is 0 Å². The highest BCUT2D eigenvalue weighted by Gasteiger charge is 2.53. The molecule has 0 bridgehead atoms. The lowest BCUT2D eigenvalue weighted by Gasteiger charge is -2.32. The summed E-state index contributed by atoms with van der Waals surface area (Å²) in [5.41, 5.74) is -0.690. The van der Waals surface area contributed by atoms with Crippen LogP contribution < -0.4 is 0 Å². The summed E-state index contributed by atoms with van der Waals surface area (Å²) in [4.78, 5) is 0.774. The standard InChI is InChI=1S/C18H20BFN2O2S/c1-17(2)18(3,4)24-19(23-17)16(20)12-15-11-14(13-25-15)7-5-9-22-10-6-8-21-22/h6,8,10-13H,9H2,1-4H3. The van der Waals surface area contributed by atoms with Gasteiger partial charge >= 0.3 is 7.12 Å². The highest BCUT2D eigenvalue weighted by molar-refractivity contribution is 7.11. The van der Waals surface area contributed by atoms with Gasteiger partial charge in [-0.15, -0.1) is 11.3 Å². The van der Waals surface area contributed by atoms with Crippen molar-refractivity contribution < 1.29 is 13.7 Å². The number of rotatable bonds is 3. The molecule has 0 atom stereocenters. The third-order valence-electron chi connectivity index (χ3n) is 4.41. The van der Waals surface area contributed by atoms with Gasteiger partial charge in [0, 0.05) is 28.2 Å². The predicted molar refractivity (Wildman–Crippen MR) is 98.6 cm³/mol. The largest absolute Gasteiger partial charge is 0.525 e. The van der Waals surface area contributed by atoms with Gasteiger partial charge in [0.1, 0.15) is 12.3 Å². The molecule has 2 aromatic rings. The van der Waals surface area contributed by atoms with Crippen molar-refractivity contribution in [1.29, 1.82) is 0 Å². The van der Waals surface area contributed by atoms with E-state index in [1.165, 1.54) is 17.4 Å². The molecule has 0 amide bonds. The predicted octanol–water partition coefficient (Wildman–Crippen LogP) is 3.94. The number of halogens is 1. The van der Waals surface area contributed by atoms with Crippen molar-refractivity contribution in [2.24, 2.45) is 0 Å². The first kappa shape index (κ1) is 17.9. The minimum atomic E-state index is -0.971. The van der Waals surface area contributed by atoms with Gasteiger partial charge in [0.05, 0.1) is 11.2 Å². The lowest BCUT2D eigenvalue weighted by Crippen LogP contribution is -2.41. The number of thiophene rings is 1. The van der Waals surface area contributed by atoms with Gasteiger partial charge in [-0.3, -0.25) is 4.68 Å². The van der Waals surface area contributed by atoms with E-state index in [2.05, 4.69) is 16.9 Å². The van der Waals surface area contributed by atoms with E-state index >= 15 is 0 Å². The van der Waals surface area contributed by atoms with Crippen molar-refractivity contribution >= 4 is 24.5 Å². The molecule has 4 nitrogen and oxygen atoms in total. The highest BCUT2D eigenvalue weighted by atomic mass is 32.1. The Bertz CT molecular complexity index is 815. The average Bonchev–Trinajstić information content (AvgIpc) is 3.21. The van der Waals surface area contributed by atoms with Crippen LogP contribution in [-0.4, -0.2) is 28.1 Å². The second kappa shape index (κ2) is 6.79. The second-order valence-corrected chi connectivity index (χ2v) is 7.80. The zero-order chi connectivity index (χ0) is 18.1. The molecule has 1 aliphatic heterocycles. The Morgan fingerprint density at radius 3 is 2.72 bits per heavy atom. The fourth-order valence-corrected chi connectivity index (χ4v) is 3.04. The molecule has 130 valence electrons. The summed E-state index contributed by atoms with van der Waals surface area (Å²) in [6, 6.07) is 3.71. The Labute approximate surface area is 151 Å². The van der Waals surface area contributed by atoms with Gasteiger partial charge in [0.15, 0.2) is 0 Å². The number of hydrogen-bond acceptors (Lipinski definition) is 4. The van der Waals surface area contributed by atoms with Gasteiger partial charge in [0.25, 0.3) is 0 Å². The van der Waals surface area contributed by atoms with Crippen LogP contribution in [0.2, 0.25) is 0 Å². The molecule has 0 aliphatic carbocycles. The monoisotopic (exact) mass is 358 g/mol. The van der Waals surface area contributed by atoms with Crippen LogP contribution >= 0.6 is 11.3 Å². The molecular formula is C18H20BFN2O2S. The first-order valence-electron chi connectivity index (χ1n) is 8.04. The average molecular weight is 358 g/mol. The molecule has 0 spiro atoms. The van der Waals surface area contributed by atoms with E-state index < -0.39 is 24.0 Å². The van der Waals surface area contributed by atoms with Gasteiger partial charge in [-0.1, -0.05) is 11.8 Å². The Balaban J connectivity index is 1.66. The molecule has 1 saturated heterocycles. The third-order valence-corrected chi connectivity index (χ3v) is 5.29. The molecule has 1 fully saturated rings. The van der Waals surface area contributed by atoms with Crippen molar-refractivity contribution in [2.75, 3.05) is 0 Å². The van der Waals surface area contributed by atoms with Crippen LogP contribution in [0.5, 0.6) is 0 Å². The summed E-state index contributed by atoms with van der Waals surface area (Å²) >= 11 is 1.43. The molecule has 25 heavy (non-hydrogen) atoms. The Morgan fingerprint density at radius 1 is 1.36 bits per heavy atom. The minimum absolute atomic E-state index is 0.434. The molecule has 7 heteroatoms. The van der Waals surface area contributed by atoms with Crippen molar-refractivity contribution in [2.45, 2.75) is 45.4 Å². The summed E-state index contributed by atoms with van der Waals surface area (Å²) in [6.07, 6.45) is 5.02. The zero-order valence-electron chi connectivity index (χ0n) is 14.7. The number of aromatic nitrogens is 2. The van der Waals surface area contributed by atoms with Crippen LogP contribution in [0.3, 0.4) is 0 Å². The Morgan fingerprint density at radius 2 is 2.08 bits per heavy atom. The van der Waals surface area contributed by atoms with Crippen LogP contribution in [-0.2, 0) is 15.9 Å². The summed E-state index contributed by atoms with van der Waals surface area (Å²) in [5, 5.41) is 5.99. The summed E-state index contributed by atoms with van der Waals surface area (Å²) < 4.78 is 27.7. The van der Waals surface area contributed by atoms with Crippen LogP contribution in [0, 0.1) is 11.8 Å². The summed E-state index contributed by atoms with van der Waals surface area (Å²) in [5.74, 6) is 6.10. The first-order chi connectivity index (χ1) is 11.8. The van der Waals surface area contributed by atoms with Crippen LogP contribution in [0.25, 0.3) is 6.08 Å². The maximum absolute atomic E-state index is 14.5. The number of hydrogen-bond donors (Lipinski definition) is 0. The van der Waals surface area contributed by atoms with E-state index in [1.807, 2.05) is 51.4 Å². The van der Waals surface area contributed by atoms with Crippen molar-refractivity contribution in [1.82, 2.24) is 9.78 Å². The molecule has 1 aliphatic rings. The highest BCUT2D eigenvalue weighted by Crippen LogP contribution is 2.39. The molecule has 0 aromatic carbocycles. The van der Waals surface area contributed by atoms with E-state index in [0.717, 1.165) is 10.4 Å². The third kappa shape index (κ3) is 4.04. The molecule has 0 unspecified atom stereocenters. The van der Waals surface area contributed by atoms with Gasteiger partial charge < -0.3 is 9.31 Å². The van der Waals surface area contributed by atoms with E-state index in [1.54, 1.807) is 10.9 Å². The molecule has 2 aromatic heterocycles. The zero-order valence-corrected chi connectivity index (χ0v) is 15.6. The topological polar surface area (TPSA) is 36.3 Å². The first-order valence-corrected chi connectivity index (χ1v) is 8.92. The van der Waals surface area contributed by atoms with E-state index in [4.69, 9.17) is 9.31 Å². The molecule has 3 heterocycles. The van der Waals surface area contributed by atoms with Crippen LogP contribution in [0.4, 0.5) is 4.39 Å². The van der Waals surface area contributed by atoms with Crippen LogP contribution in [0.15, 0.2) is 35.6 Å². The van der Waals surface area contributed by atoms with Gasteiger partial charge in [-0.2, -0.15) is 5.10 Å². The van der Waals surface area contributed by atoms with E-state index in [9.17, 15) is 4.39 Å². The van der Waals surface area contributed by atoms with Gasteiger partial charge in [-0.25, -0.2) is 4.39 Å². The minimum Gasteiger partial charge on any atom is -0.398 e. The van der Waals surface area contributed by atoms with Gasteiger partial charge in [0.2, 0.25) is 0 Å². The molecule has 0 saturated carbocycles. The van der Waals surface area contributed by atoms with Crippen molar-refractivity contribution in [3.05, 3.63) is 46.1 Å². The van der Waals surface area contributed by atoms with Crippen LogP contribution in [0.1, 0.15) is 38.1 Å². The Hall–Kier alpha value is -1.88. The number of nitrogens with zero attached hydrogens (tertiary/aromatic N) is 2. The van der Waals surface area contributed by atoms with Gasteiger partial charge in [-0.05, 0) is 45.9 Å². The summed E-state index contributed by atoms with van der Waals surface area (Å²) in [6.45, 7) is 8.13. The molecular weight excluding hydrogens is 338 g/mol. The molecule has 0 N–H and O–H groups in total. The van der Waals surface area contributed by atoms with Crippen molar-refractivity contribution in [3.63, 3.8) is 0 Å². The fraction of sp³-hybridized carbons (Fsp3) is 0.389. The normalized spacial score (nSPS) is 18.9. The summed E-state index contributed by atoms with van der Waals surface area (Å²) in [7, 11) is -0.971. The van der Waals surface area contributed by atoms with E-state index in [0.29, 0.717) is 6.54 Å². The lowest BCUT2D eigenvalue weighted by molar-refractivity contribution is 0.00578.